The average Bonchev–Trinajstić information content (AvgIpc) is 3.28. The lowest BCUT2D eigenvalue weighted by molar-refractivity contribution is -0.125. The van der Waals surface area contributed by atoms with Gasteiger partial charge in [0.15, 0.2) is 0 Å². The second-order valence-electron chi connectivity index (χ2n) is 12.6. The van der Waals surface area contributed by atoms with Crippen molar-refractivity contribution in [1.29, 1.82) is 0 Å². The van der Waals surface area contributed by atoms with Gasteiger partial charge in [-0.15, -0.1) is 0 Å². The molecule has 1 N–H and O–H groups in total. The molecular formula is C39H53NO. The van der Waals surface area contributed by atoms with E-state index in [1.807, 2.05) is 13.8 Å². The Morgan fingerprint density at radius 1 is 0.756 bits per heavy atom. The SMILES string of the molecule is CC.CC1CC2CC(CNC(=O)C3(CCCc4ccccc4)c4ccccc4-c4ccccc43)CC(C1)C2.CCC. The number of hydrogen-bond donors (Lipinski definition) is 1. The van der Waals surface area contributed by atoms with Gasteiger partial charge in [0.2, 0.25) is 5.91 Å². The maximum absolute atomic E-state index is 14.4. The Morgan fingerprint density at radius 2 is 1.27 bits per heavy atom. The van der Waals surface area contributed by atoms with Crippen LogP contribution >= 0.6 is 0 Å². The number of nitrogens with one attached hydrogen (secondary N) is 1. The number of hydrogen-bond acceptors (Lipinski definition) is 1. The minimum Gasteiger partial charge on any atom is -0.355 e. The van der Waals surface area contributed by atoms with Crippen molar-refractivity contribution in [2.24, 2.45) is 23.7 Å². The van der Waals surface area contributed by atoms with Gasteiger partial charge in [0.05, 0.1) is 0 Å². The third-order valence-corrected chi connectivity index (χ3v) is 9.33. The van der Waals surface area contributed by atoms with Gasteiger partial charge in [-0.05, 0) is 103 Å². The summed E-state index contributed by atoms with van der Waals surface area (Å²) in [7, 11) is 0. The second kappa shape index (κ2) is 14.9. The molecule has 2 saturated carbocycles. The second-order valence-corrected chi connectivity index (χ2v) is 12.6. The number of fused-ring (bicyclic) bond motifs is 5. The molecule has 3 aliphatic carbocycles. The van der Waals surface area contributed by atoms with Crippen molar-refractivity contribution in [2.45, 2.75) is 97.8 Å². The first-order chi connectivity index (χ1) is 20.0. The van der Waals surface area contributed by atoms with Crippen LogP contribution in [-0.2, 0) is 16.6 Å². The van der Waals surface area contributed by atoms with Crippen LogP contribution in [0.1, 0.15) is 103 Å². The van der Waals surface area contributed by atoms with E-state index >= 15 is 0 Å². The van der Waals surface area contributed by atoms with Crippen LogP contribution in [0.15, 0.2) is 78.9 Å². The highest BCUT2D eigenvalue weighted by Crippen LogP contribution is 2.52. The largest absolute Gasteiger partial charge is 0.355 e. The molecule has 0 spiro atoms. The first kappa shape index (κ1) is 31.1. The fourth-order valence-electron chi connectivity index (χ4n) is 8.03. The maximum atomic E-state index is 14.4. The van der Waals surface area contributed by atoms with E-state index in [0.717, 1.165) is 43.6 Å². The van der Waals surface area contributed by atoms with Crippen molar-refractivity contribution in [2.75, 3.05) is 6.54 Å². The smallest absolute Gasteiger partial charge is 0.235 e. The predicted octanol–water partition coefficient (Wildman–Crippen LogP) is 10.00. The summed E-state index contributed by atoms with van der Waals surface area (Å²) in [5.41, 5.74) is 5.56. The normalized spacial score (nSPS) is 23.0. The summed E-state index contributed by atoms with van der Waals surface area (Å²) >= 11 is 0. The van der Waals surface area contributed by atoms with Gasteiger partial charge < -0.3 is 5.32 Å². The number of carbonyl (C=O) groups excluding carboxylic acids is 1. The van der Waals surface area contributed by atoms with E-state index in [0.29, 0.717) is 5.92 Å². The van der Waals surface area contributed by atoms with Crippen molar-refractivity contribution in [3.05, 3.63) is 95.6 Å². The summed E-state index contributed by atoms with van der Waals surface area (Å²) in [6.45, 7) is 11.5. The van der Waals surface area contributed by atoms with Crippen molar-refractivity contribution in [1.82, 2.24) is 5.32 Å². The zero-order chi connectivity index (χ0) is 29.2. The van der Waals surface area contributed by atoms with E-state index in [2.05, 4.69) is 105 Å². The van der Waals surface area contributed by atoms with E-state index in [4.69, 9.17) is 0 Å². The average molecular weight is 552 g/mol. The molecule has 2 fully saturated rings. The number of rotatable bonds is 7. The van der Waals surface area contributed by atoms with Crippen LogP contribution in [0.25, 0.3) is 11.1 Å². The Hall–Kier alpha value is -2.87. The molecule has 0 aliphatic heterocycles. The number of aryl methyl sites for hydroxylation is 1. The molecule has 2 nitrogen and oxygen atoms in total. The molecule has 1 amide bonds. The van der Waals surface area contributed by atoms with Gasteiger partial charge in [0.25, 0.3) is 0 Å². The van der Waals surface area contributed by atoms with Gasteiger partial charge in [-0.25, -0.2) is 0 Å². The first-order valence-corrected chi connectivity index (χ1v) is 16.6. The molecule has 220 valence electrons. The Morgan fingerprint density at radius 3 is 1.83 bits per heavy atom. The van der Waals surface area contributed by atoms with Crippen molar-refractivity contribution in [3.8, 4) is 11.1 Å². The molecule has 6 rings (SSSR count). The molecule has 2 unspecified atom stereocenters. The quantitative estimate of drug-likeness (QED) is 0.311. The minimum absolute atomic E-state index is 0.206. The summed E-state index contributed by atoms with van der Waals surface area (Å²) in [6.07, 6.45) is 10.8. The Bertz CT molecular complexity index is 1170. The molecule has 41 heavy (non-hydrogen) atoms. The van der Waals surface area contributed by atoms with Gasteiger partial charge >= 0.3 is 0 Å². The zero-order valence-electron chi connectivity index (χ0n) is 26.3. The lowest BCUT2D eigenvalue weighted by Crippen LogP contribution is -2.46. The summed E-state index contributed by atoms with van der Waals surface area (Å²) in [4.78, 5) is 14.4. The molecule has 2 bridgehead atoms. The lowest BCUT2D eigenvalue weighted by atomic mass is 9.65. The molecule has 3 aliphatic rings. The number of amides is 1. The Labute approximate surface area is 250 Å². The topological polar surface area (TPSA) is 29.1 Å². The van der Waals surface area contributed by atoms with Crippen molar-refractivity contribution >= 4 is 5.91 Å². The fourth-order valence-corrected chi connectivity index (χ4v) is 8.03. The maximum Gasteiger partial charge on any atom is 0.235 e. The Balaban J connectivity index is 0.000000728. The van der Waals surface area contributed by atoms with Gasteiger partial charge in [-0.3, -0.25) is 4.79 Å². The predicted molar refractivity (Wildman–Crippen MR) is 175 cm³/mol. The number of benzene rings is 3. The van der Waals surface area contributed by atoms with Crippen LogP contribution in [-0.4, -0.2) is 12.5 Å². The van der Waals surface area contributed by atoms with Crippen LogP contribution in [0.4, 0.5) is 0 Å². The molecule has 3 aromatic rings. The van der Waals surface area contributed by atoms with Crippen LogP contribution < -0.4 is 5.32 Å². The molecule has 3 aromatic carbocycles. The molecule has 0 saturated heterocycles. The van der Waals surface area contributed by atoms with Crippen molar-refractivity contribution < 1.29 is 4.79 Å². The zero-order valence-corrected chi connectivity index (χ0v) is 26.3. The molecular weight excluding hydrogens is 498 g/mol. The monoisotopic (exact) mass is 551 g/mol. The molecule has 0 radical (unpaired) electrons. The lowest BCUT2D eigenvalue weighted by Gasteiger charge is -2.42. The standard InChI is InChI=1S/C34H39NO.C3H8.C2H6/c1-24-18-26-20-27(19-24)22-28(21-26)23-35-33(36)34(17-9-12-25-10-3-2-4-11-25)31-15-7-5-13-29(31)30-14-6-8-16-32(30)34;1-3-2;1-2/h2-8,10-11,13-16,24,26-28H,9,12,17-23H2,1H3,(H,35,36);3H2,1-2H3;1-2H3. The van der Waals surface area contributed by atoms with E-state index in [1.165, 1.54) is 66.3 Å². The summed E-state index contributed by atoms with van der Waals surface area (Å²) < 4.78 is 0. The van der Waals surface area contributed by atoms with Crippen LogP contribution in [0.2, 0.25) is 0 Å². The fraction of sp³-hybridized carbons (Fsp3) is 0.513. The van der Waals surface area contributed by atoms with Crippen LogP contribution in [0.5, 0.6) is 0 Å². The van der Waals surface area contributed by atoms with Gasteiger partial charge in [0.1, 0.15) is 5.41 Å². The van der Waals surface area contributed by atoms with E-state index < -0.39 is 5.41 Å². The minimum atomic E-state index is -0.610. The highest BCUT2D eigenvalue weighted by atomic mass is 16.2. The van der Waals surface area contributed by atoms with Crippen LogP contribution in [0, 0.1) is 23.7 Å². The van der Waals surface area contributed by atoms with Crippen LogP contribution in [0.3, 0.4) is 0 Å². The van der Waals surface area contributed by atoms with E-state index in [9.17, 15) is 4.79 Å². The summed E-state index contributed by atoms with van der Waals surface area (Å²) in [5.74, 6) is 3.43. The molecule has 0 aromatic heterocycles. The summed E-state index contributed by atoms with van der Waals surface area (Å²) in [6, 6.07) is 27.9. The van der Waals surface area contributed by atoms with E-state index in [1.54, 1.807) is 0 Å². The van der Waals surface area contributed by atoms with Crippen molar-refractivity contribution in [3.63, 3.8) is 0 Å². The molecule has 0 heterocycles. The van der Waals surface area contributed by atoms with E-state index in [-0.39, 0.29) is 5.91 Å². The third-order valence-electron chi connectivity index (χ3n) is 9.33. The van der Waals surface area contributed by atoms with Gasteiger partial charge in [-0.2, -0.15) is 0 Å². The van der Waals surface area contributed by atoms with Gasteiger partial charge in [0, 0.05) is 6.54 Å². The third kappa shape index (κ3) is 6.96. The first-order valence-electron chi connectivity index (χ1n) is 16.6. The summed E-state index contributed by atoms with van der Waals surface area (Å²) in [5, 5.41) is 3.53. The highest BCUT2D eigenvalue weighted by molar-refractivity contribution is 6.00. The highest BCUT2D eigenvalue weighted by Gasteiger charge is 2.48. The van der Waals surface area contributed by atoms with Gasteiger partial charge in [-0.1, -0.05) is 120 Å². The number of carbonyl (C=O) groups is 1. The molecule has 2 heteroatoms. The molecule has 2 atom stereocenters. The Kier molecular flexibility index (Phi) is 11.3.